The molecule has 0 unspecified atom stereocenters. The first-order valence-corrected chi connectivity index (χ1v) is 8.92. The van der Waals surface area contributed by atoms with Crippen molar-refractivity contribution in [1.29, 1.82) is 0 Å². The van der Waals surface area contributed by atoms with Crippen molar-refractivity contribution in [1.82, 2.24) is 29.4 Å². The lowest BCUT2D eigenvalue weighted by molar-refractivity contribution is 0.0718. The van der Waals surface area contributed by atoms with Crippen LogP contribution in [0.1, 0.15) is 60.3 Å². The van der Waals surface area contributed by atoms with Crippen molar-refractivity contribution >= 4 is 5.91 Å². The molecule has 2 aliphatic rings. The molecule has 0 aliphatic carbocycles. The molecule has 4 rings (SSSR count). The minimum Gasteiger partial charge on any atom is -0.327 e. The van der Waals surface area contributed by atoms with E-state index in [1.165, 1.54) is 23.2 Å². The highest BCUT2D eigenvalue weighted by Gasteiger charge is 2.35. The van der Waals surface area contributed by atoms with Crippen LogP contribution < -0.4 is 5.56 Å². The Morgan fingerprint density at radius 3 is 2.84 bits per heavy atom. The van der Waals surface area contributed by atoms with Crippen molar-refractivity contribution in [3.8, 4) is 0 Å². The van der Waals surface area contributed by atoms with E-state index in [0.29, 0.717) is 12.2 Å². The maximum Gasteiger partial charge on any atom is 0.274 e. The van der Waals surface area contributed by atoms with Crippen LogP contribution in [0.25, 0.3) is 0 Å². The molecule has 0 bridgehead atoms. The molecule has 0 saturated carbocycles. The molecule has 2 aromatic rings. The van der Waals surface area contributed by atoms with E-state index in [0.717, 1.165) is 50.3 Å². The number of carbonyl (C=O) groups excluding carboxylic acids is 1. The third-order valence-corrected chi connectivity index (χ3v) is 5.13. The van der Waals surface area contributed by atoms with Gasteiger partial charge >= 0.3 is 0 Å². The Morgan fingerprint density at radius 1 is 1.12 bits per heavy atom. The van der Waals surface area contributed by atoms with E-state index < -0.39 is 0 Å². The van der Waals surface area contributed by atoms with Gasteiger partial charge in [0.05, 0.1) is 6.04 Å². The number of hydrogen-bond acceptors (Lipinski definition) is 5. The van der Waals surface area contributed by atoms with Crippen molar-refractivity contribution in [2.75, 3.05) is 6.54 Å². The first kappa shape index (κ1) is 16.0. The van der Waals surface area contributed by atoms with Crippen LogP contribution in [0.3, 0.4) is 0 Å². The van der Waals surface area contributed by atoms with Crippen LogP contribution in [0.15, 0.2) is 16.9 Å². The lowest BCUT2D eigenvalue weighted by Gasteiger charge is -2.24. The molecule has 0 radical (unpaired) electrons. The van der Waals surface area contributed by atoms with Gasteiger partial charge in [0, 0.05) is 32.6 Å². The van der Waals surface area contributed by atoms with Crippen molar-refractivity contribution in [2.45, 2.75) is 51.1 Å². The molecule has 2 aliphatic heterocycles. The molecule has 8 nitrogen and oxygen atoms in total. The van der Waals surface area contributed by atoms with E-state index in [1.807, 2.05) is 4.90 Å². The Morgan fingerprint density at radius 2 is 2.00 bits per heavy atom. The van der Waals surface area contributed by atoms with Crippen molar-refractivity contribution < 1.29 is 4.79 Å². The number of aryl methyl sites for hydroxylation is 2. The maximum absolute atomic E-state index is 12.9. The van der Waals surface area contributed by atoms with E-state index in [2.05, 4.69) is 19.9 Å². The Labute approximate surface area is 145 Å². The van der Waals surface area contributed by atoms with Gasteiger partial charge in [0.2, 0.25) is 0 Å². The quantitative estimate of drug-likeness (QED) is 0.815. The number of carbonyl (C=O) groups is 1. The number of hydrogen-bond donors (Lipinski definition) is 0. The molecule has 0 N–H and O–H groups in total. The molecule has 1 saturated heterocycles. The molecular weight excluding hydrogens is 320 g/mol. The first-order chi connectivity index (χ1) is 12.1. The highest BCUT2D eigenvalue weighted by atomic mass is 16.2. The van der Waals surface area contributed by atoms with Gasteiger partial charge in [0.1, 0.15) is 11.5 Å². The van der Waals surface area contributed by atoms with E-state index in [1.54, 1.807) is 7.05 Å². The Balaban J connectivity index is 1.64. The van der Waals surface area contributed by atoms with Crippen LogP contribution in [0.5, 0.6) is 0 Å². The molecule has 4 heterocycles. The summed E-state index contributed by atoms with van der Waals surface area (Å²) >= 11 is 0. The second-order valence-electron chi connectivity index (χ2n) is 6.77. The number of likely N-dealkylation sites (tertiary alicyclic amines) is 1. The van der Waals surface area contributed by atoms with Crippen LogP contribution in [0.2, 0.25) is 0 Å². The number of aromatic nitrogens is 5. The topological polar surface area (TPSA) is 85.9 Å². The number of amides is 1. The van der Waals surface area contributed by atoms with Gasteiger partial charge in [-0.05, 0) is 31.7 Å². The third-order valence-electron chi connectivity index (χ3n) is 5.13. The van der Waals surface area contributed by atoms with Crippen molar-refractivity contribution in [3.63, 3.8) is 0 Å². The molecular formula is C17H22N6O2. The van der Waals surface area contributed by atoms with Gasteiger partial charge in [-0.2, -0.15) is 5.10 Å². The summed E-state index contributed by atoms with van der Waals surface area (Å²) in [5, 5.41) is 12.9. The standard InChI is InChI=1S/C17H22N6O2/c1-21-15(24)9-8-12(20-21)17(25)22-11-5-6-13(22)16-19-18-14-7-3-2-4-10-23(14)16/h8-9,13H,2-7,10-11H2,1H3/t13-/m0/s1. The van der Waals surface area contributed by atoms with Gasteiger partial charge in [0.25, 0.3) is 11.5 Å². The fourth-order valence-electron chi connectivity index (χ4n) is 3.80. The molecule has 0 spiro atoms. The first-order valence-electron chi connectivity index (χ1n) is 8.92. The van der Waals surface area contributed by atoms with Crippen LogP contribution in [-0.2, 0) is 20.0 Å². The lowest BCUT2D eigenvalue weighted by atomic mass is 10.2. The van der Waals surface area contributed by atoms with E-state index >= 15 is 0 Å². The molecule has 25 heavy (non-hydrogen) atoms. The summed E-state index contributed by atoms with van der Waals surface area (Å²) in [6.07, 6.45) is 6.25. The molecule has 1 atom stereocenters. The molecule has 0 aromatic carbocycles. The Hall–Kier alpha value is -2.51. The minimum absolute atomic E-state index is 0.0640. The zero-order valence-electron chi connectivity index (χ0n) is 14.4. The fraction of sp³-hybridized carbons (Fsp3) is 0.588. The number of fused-ring (bicyclic) bond motifs is 1. The molecule has 2 aromatic heterocycles. The number of rotatable bonds is 2. The smallest absolute Gasteiger partial charge is 0.274 e. The number of nitrogens with zero attached hydrogens (tertiary/aromatic N) is 6. The fourth-order valence-corrected chi connectivity index (χ4v) is 3.80. The van der Waals surface area contributed by atoms with Crippen LogP contribution in [0, 0.1) is 0 Å². The third kappa shape index (κ3) is 2.85. The summed E-state index contributed by atoms with van der Waals surface area (Å²) in [6.45, 7) is 1.60. The molecule has 1 amide bonds. The van der Waals surface area contributed by atoms with Crippen LogP contribution >= 0.6 is 0 Å². The Kier molecular flexibility index (Phi) is 4.10. The normalized spacial score (nSPS) is 20.4. The predicted molar refractivity (Wildman–Crippen MR) is 90.1 cm³/mol. The van der Waals surface area contributed by atoms with E-state index in [4.69, 9.17) is 0 Å². The molecule has 8 heteroatoms. The van der Waals surface area contributed by atoms with Crippen LogP contribution in [0.4, 0.5) is 0 Å². The molecule has 132 valence electrons. The second kappa shape index (κ2) is 6.42. The van der Waals surface area contributed by atoms with Gasteiger partial charge in [-0.1, -0.05) is 6.42 Å². The van der Waals surface area contributed by atoms with Gasteiger partial charge in [0.15, 0.2) is 5.82 Å². The zero-order chi connectivity index (χ0) is 17.4. The minimum atomic E-state index is -0.225. The van der Waals surface area contributed by atoms with E-state index in [9.17, 15) is 9.59 Å². The maximum atomic E-state index is 12.9. The monoisotopic (exact) mass is 342 g/mol. The SMILES string of the molecule is Cn1nc(C(=O)N2CCC[C@H]2c2nnc3n2CCCCC3)ccc1=O. The largest absolute Gasteiger partial charge is 0.327 e. The van der Waals surface area contributed by atoms with Gasteiger partial charge < -0.3 is 9.47 Å². The zero-order valence-corrected chi connectivity index (χ0v) is 14.4. The van der Waals surface area contributed by atoms with Crippen molar-refractivity contribution in [3.05, 3.63) is 39.8 Å². The summed E-state index contributed by atoms with van der Waals surface area (Å²) in [6, 6.07) is 2.82. The average molecular weight is 342 g/mol. The molecule has 1 fully saturated rings. The van der Waals surface area contributed by atoms with Gasteiger partial charge in [-0.15, -0.1) is 10.2 Å². The lowest BCUT2D eigenvalue weighted by Crippen LogP contribution is -2.34. The summed E-state index contributed by atoms with van der Waals surface area (Å²) in [7, 11) is 1.55. The summed E-state index contributed by atoms with van der Waals surface area (Å²) in [4.78, 5) is 26.3. The van der Waals surface area contributed by atoms with Crippen LogP contribution in [-0.4, -0.2) is 41.9 Å². The second-order valence-corrected chi connectivity index (χ2v) is 6.77. The van der Waals surface area contributed by atoms with Crippen molar-refractivity contribution in [2.24, 2.45) is 7.05 Å². The highest BCUT2D eigenvalue weighted by Crippen LogP contribution is 2.33. The highest BCUT2D eigenvalue weighted by molar-refractivity contribution is 5.92. The Bertz CT molecular complexity index is 855. The summed E-state index contributed by atoms with van der Waals surface area (Å²) in [5.41, 5.74) is 0.0712. The summed E-state index contributed by atoms with van der Waals surface area (Å²) < 4.78 is 3.40. The average Bonchev–Trinajstić information content (AvgIpc) is 3.17. The van der Waals surface area contributed by atoms with E-state index in [-0.39, 0.29) is 17.5 Å². The predicted octanol–water partition coefficient (Wildman–Crippen LogP) is 1.08. The summed E-state index contributed by atoms with van der Waals surface area (Å²) in [5.74, 6) is 1.78. The van der Waals surface area contributed by atoms with Gasteiger partial charge in [-0.3, -0.25) is 9.59 Å². The van der Waals surface area contributed by atoms with Gasteiger partial charge in [-0.25, -0.2) is 4.68 Å².